The van der Waals surface area contributed by atoms with Gasteiger partial charge in [-0.1, -0.05) is 0 Å². The highest BCUT2D eigenvalue weighted by Crippen LogP contribution is 1.97. The molecule has 1 aromatic heterocycles. The van der Waals surface area contributed by atoms with E-state index in [9.17, 15) is 0 Å². The zero-order valence-electron chi connectivity index (χ0n) is 6.66. The average molecular weight is 155 g/mol. The lowest BCUT2D eigenvalue weighted by molar-refractivity contribution is 0.123. The molecule has 4 heteroatoms. The number of aromatic nitrogens is 2. The molecule has 0 saturated heterocycles. The topological polar surface area (TPSA) is 53.1 Å². The van der Waals surface area contributed by atoms with Gasteiger partial charge in [-0.15, -0.1) is 0 Å². The van der Waals surface area contributed by atoms with E-state index in [0.29, 0.717) is 19.8 Å². The van der Waals surface area contributed by atoms with E-state index in [0.717, 1.165) is 5.69 Å². The minimum atomic E-state index is 0.567. The summed E-state index contributed by atoms with van der Waals surface area (Å²) in [6, 6.07) is 1.93. The maximum absolute atomic E-state index is 5.26. The van der Waals surface area contributed by atoms with Crippen molar-refractivity contribution in [2.45, 2.75) is 6.61 Å². The third kappa shape index (κ3) is 2.32. The second-order valence-electron chi connectivity index (χ2n) is 2.29. The first kappa shape index (κ1) is 8.23. The Hall–Kier alpha value is -0.870. The zero-order chi connectivity index (χ0) is 8.10. The summed E-state index contributed by atoms with van der Waals surface area (Å²) < 4.78 is 7.01. The van der Waals surface area contributed by atoms with Crippen molar-refractivity contribution in [3.05, 3.63) is 18.0 Å². The Morgan fingerprint density at radius 2 is 2.55 bits per heavy atom. The smallest absolute Gasteiger partial charge is 0.0885 e. The van der Waals surface area contributed by atoms with Gasteiger partial charge in [-0.25, -0.2) is 0 Å². The molecular weight excluding hydrogens is 142 g/mol. The molecule has 1 heterocycles. The van der Waals surface area contributed by atoms with Crippen LogP contribution >= 0.6 is 0 Å². The maximum Gasteiger partial charge on any atom is 0.0885 e. The van der Waals surface area contributed by atoms with Gasteiger partial charge < -0.3 is 10.5 Å². The predicted molar refractivity (Wildman–Crippen MR) is 41.9 cm³/mol. The normalized spacial score (nSPS) is 10.4. The third-order valence-corrected chi connectivity index (χ3v) is 1.43. The van der Waals surface area contributed by atoms with Crippen molar-refractivity contribution in [3.63, 3.8) is 0 Å². The monoisotopic (exact) mass is 155 g/mol. The van der Waals surface area contributed by atoms with Crippen LogP contribution in [0.1, 0.15) is 5.69 Å². The molecule has 2 N–H and O–H groups in total. The van der Waals surface area contributed by atoms with E-state index in [4.69, 9.17) is 10.5 Å². The van der Waals surface area contributed by atoms with Crippen molar-refractivity contribution in [1.29, 1.82) is 0 Å². The molecule has 4 nitrogen and oxygen atoms in total. The predicted octanol–water partition coefficient (Wildman–Crippen LogP) is -0.105. The van der Waals surface area contributed by atoms with Crippen LogP contribution in [0.4, 0.5) is 0 Å². The van der Waals surface area contributed by atoms with E-state index < -0.39 is 0 Å². The molecule has 0 aromatic carbocycles. The van der Waals surface area contributed by atoms with Crippen LogP contribution in [0.3, 0.4) is 0 Å². The second kappa shape index (κ2) is 4.10. The highest BCUT2D eigenvalue weighted by Gasteiger charge is 1.96. The van der Waals surface area contributed by atoms with Gasteiger partial charge in [-0.2, -0.15) is 5.10 Å². The molecule has 0 bridgehead atoms. The molecule has 0 aliphatic carbocycles. The lowest BCUT2D eigenvalue weighted by Crippen LogP contribution is -2.09. The molecule has 1 rings (SSSR count). The van der Waals surface area contributed by atoms with Crippen LogP contribution in [-0.2, 0) is 18.4 Å². The van der Waals surface area contributed by atoms with Crippen molar-refractivity contribution in [1.82, 2.24) is 9.78 Å². The summed E-state index contributed by atoms with van der Waals surface area (Å²) in [6.45, 7) is 1.76. The second-order valence-corrected chi connectivity index (χ2v) is 2.29. The fourth-order valence-electron chi connectivity index (χ4n) is 0.803. The van der Waals surface area contributed by atoms with Crippen LogP contribution in [0.25, 0.3) is 0 Å². The Balaban J connectivity index is 2.32. The highest BCUT2D eigenvalue weighted by atomic mass is 16.5. The molecule has 0 saturated carbocycles. The van der Waals surface area contributed by atoms with Crippen molar-refractivity contribution >= 4 is 0 Å². The van der Waals surface area contributed by atoms with Crippen LogP contribution in [0, 0.1) is 0 Å². The van der Waals surface area contributed by atoms with Crippen LogP contribution < -0.4 is 5.73 Å². The van der Waals surface area contributed by atoms with Crippen molar-refractivity contribution in [2.75, 3.05) is 13.2 Å². The maximum atomic E-state index is 5.26. The third-order valence-electron chi connectivity index (χ3n) is 1.43. The lowest BCUT2D eigenvalue weighted by Gasteiger charge is -2.01. The first-order valence-corrected chi connectivity index (χ1v) is 3.59. The van der Waals surface area contributed by atoms with E-state index in [2.05, 4.69) is 5.10 Å². The molecule has 62 valence electrons. The molecule has 0 radical (unpaired) electrons. The Kier molecular flexibility index (Phi) is 3.07. The quantitative estimate of drug-likeness (QED) is 0.617. The minimum absolute atomic E-state index is 0.567. The minimum Gasteiger partial charge on any atom is -0.374 e. The largest absolute Gasteiger partial charge is 0.374 e. The van der Waals surface area contributed by atoms with Crippen LogP contribution in [0.15, 0.2) is 12.3 Å². The number of nitrogens with zero attached hydrogens (tertiary/aromatic N) is 2. The Bertz CT molecular complexity index is 209. The van der Waals surface area contributed by atoms with Crippen molar-refractivity contribution < 1.29 is 4.74 Å². The molecule has 0 atom stereocenters. The van der Waals surface area contributed by atoms with Gasteiger partial charge in [-0.3, -0.25) is 4.68 Å². The number of hydrogen-bond acceptors (Lipinski definition) is 3. The SMILES string of the molecule is Cn1nccc1COCCN. The average Bonchev–Trinajstić information content (AvgIpc) is 2.37. The highest BCUT2D eigenvalue weighted by molar-refractivity contribution is 4.97. The molecule has 0 amide bonds. The number of nitrogens with two attached hydrogens (primary N) is 1. The van der Waals surface area contributed by atoms with Crippen LogP contribution in [-0.4, -0.2) is 22.9 Å². The molecule has 0 fully saturated rings. The summed E-state index contributed by atoms with van der Waals surface area (Å²) in [5, 5.41) is 4.00. The van der Waals surface area contributed by atoms with Gasteiger partial charge >= 0.3 is 0 Å². The molecule has 1 aromatic rings. The summed E-state index contributed by atoms with van der Waals surface area (Å²) in [5.74, 6) is 0. The molecule has 0 aliphatic rings. The van der Waals surface area contributed by atoms with E-state index in [1.165, 1.54) is 0 Å². The van der Waals surface area contributed by atoms with E-state index >= 15 is 0 Å². The Morgan fingerprint density at radius 1 is 1.73 bits per heavy atom. The molecule has 0 spiro atoms. The number of aryl methyl sites for hydroxylation is 1. The summed E-state index contributed by atoms with van der Waals surface area (Å²) in [4.78, 5) is 0. The molecule has 11 heavy (non-hydrogen) atoms. The van der Waals surface area contributed by atoms with Gasteiger partial charge in [0.25, 0.3) is 0 Å². The van der Waals surface area contributed by atoms with Crippen LogP contribution in [0.2, 0.25) is 0 Å². The molecule has 0 unspecified atom stereocenters. The Labute approximate surface area is 66.0 Å². The van der Waals surface area contributed by atoms with Gasteiger partial charge in [0.2, 0.25) is 0 Å². The van der Waals surface area contributed by atoms with Crippen LogP contribution in [0.5, 0.6) is 0 Å². The number of ether oxygens (including phenoxy) is 1. The van der Waals surface area contributed by atoms with Gasteiger partial charge in [0.1, 0.15) is 0 Å². The number of rotatable bonds is 4. The van der Waals surface area contributed by atoms with Crippen molar-refractivity contribution in [3.8, 4) is 0 Å². The van der Waals surface area contributed by atoms with E-state index in [-0.39, 0.29) is 0 Å². The number of hydrogen-bond donors (Lipinski definition) is 1. The summed E-state index contributed by atoms with van der Waals surface area (Å²) in [6.07, 6.45) is 1.75. The van der Waals surface area contributed by atoms with Gasteiger partial charge in [-0.05, 0) is 6.07 Å². The summed E-state index contributed by atoms with van der Waals surface area (Å²) in [5.41, 5.74) is 6.33. The van der Waals surface area contributed by atoms with Gasteiger partial charge in [0, 0.05) is 19.8 Å². The van der Waals surface area contributed by atoms with Crippen molar-refractivity contribution in [2.24, 2.45) is 12.8 Å². The fourth-order valence-corrected chi connectivity index (χ4v) is 0.803. The summed E-state index contributed by atoms with van der Waals surface area (Å²) in [7, 11) is 1.89. The molecule has 0 aliphatic heterocycles. The van der Waals surface area contributed by atoms with Gasteiger partial charge in [0.05, 0.1) is 18.9 Å². The standard InChI is InChI=1S/C7H13N3O/c1-10-7(2-4-9-10)6-11-5-3-8/h2,4H,3,5-6,8H2,1H3. The Morgan fingerprint density at radius 3 is 3.09 bits per heavy atom. The first-order chi connectivity index (χ1) is 5.34. The summed E-state index contributed by atoms with van der Waals surface area (Å²) >= 11 is 0. The van der Waals surface area contributed by atoms with Gasteiger partial charge in [0.15, 0.2) is 0 Å². The van der Waals surface area contributed by atoms with E-state index in [1.807, 2.05) is 13.1 Å². The lowest BCUT2D eigenvalue weighted by atomic mass is 10.4. The van der Waals surface area contributed by atoms with E-state index in [1.54, 1.807) is 10.9 Å². The zero-order valence-corrected chi connectivity index (χ0v) is 6.66. The molecular formula is C7H13N3O. The fraction of sp³-hybridized carbons (Fsp3) is 0.571. The first-order valence-electron chi connectivity index (χ1n) is 3.59.